The molecule has 136 valence electrons. The lowest BCUT2D eigenvalue weighted by Gasteiger charge is -2.23. The first kappa shape index (κ1) is 20.1. The summed E-state index contributed by atoms with van der Waals surface area (Å²) in [5, 5.41) is 0. The zero-order valence-corrected chi connectivity index (χ0v) is 17.0. The summed E-state index contributed by atoms with van der Waals surface area (Å²) >= 11 is 0. The van der Waals surface area contributed by atoms with E-state index in [2.05, 4.69) is 82.2 Å². The molecule has 0 bridgehead atoms. The summed E-state index contributed by atoms with van der Waals surface area (Å²) in [6, 6.07) is 13.4. The van der Waals surface area contributed by atoms with Crippen LogP contribution in [0.4, 0.5) is 0 Å². The number of hydrogen-bond acceptors (Lipinski definition) is 0. The van der Waals surface area contributed by atoms with Crippen LogP contribution >= 0.6 is 0 Å². The van der Waals surface area contributed by atoms with E-state index in [4.69, 9.17) is 6.42 Å². The molecule has 0 heterocycles. The molecule has 0 nitrogen and oxygen atoms in total. The van der Waals surface area contributed by atoms with Crippen LogP contribution in [0.5, 0.6) is 0 Å². The zero-order chi connectivity index (χ0) is 19.1. The third-order valence-corrected chi connectivity index (χ3v) is 5.43. The summed E-state index contributed by atoms with van der Waals surface area (Å²) in [5.74, 6) is 3.64. The summed E-state index contributed by atoms with van der Waals surface area (Å²) in [5.41, 5.74) is 8.43. The predicted octanol–water partition coefficient (Wildman–Crippen LogP) is 6.85. The van der Waals surface area contributed by atoms with Crippen molar-refractivity contribution >= 4 is 0 Å². The van der Waals surface area contributed by atoms with Crippen molar-refractivity contribution in [1.29, 1.82) is 0 Å². The van der Waals surface area contributed by atoms with Crippen LogP contribution in [0.15, 0.2) is 48.6 Å². The normalized spacial score (nSPS) is 13.5. The van der Waals surface area contributed by atoms with E-state index in [9.17, 15) is 0 Å². The molecule has 0 aliphatic rings. The van der Waals surface area contributed by atoms with E-state index >= 15 is 0 Å². The van der Waals surface area contributed by atoms with Crippen LogP contribution in [0.25, 0.3) is 0 Å². The van der Waals surface area contributed by atoms with Crippen LogP contribution in [-0.2, 0) is 6.42 Å². The molecule has 0 heteroatoms. The average Bonchev–Trinajstić information content (AvgIpc) is 2.59. The second-order valence-electron chi connectivity index (χ2n) is 7.50. The Bertz CT molecular complexity index is 781. The van der Waals surface area contributed by atoms with Gasteiger partial charge < -0.3 is 0 Å². The Kier molecular flexibility index (Phi) is 7.28. The molecule has 2 aromatic rings. The first-order valence-electron chi connectivity index (χ1n) is 9.67. The van der Waals surface area contributed by atoms with E-state index in [1.807, 2.05) is 6.92 Å². The van der Waals surface area contributed by atoms with E-state index in [1.165, 1.54) is 33.4 Å². The van der Waals surface area contributed by atoms with Gasteiger partial charge in [0.25, 0.3) is 0 Å². The molecular formula is C26H32. The lowest BCUT2D eigenvalue weighted by molar-refractivity contribution is 0.537. The Balaban J connectivity index is 2.29. The summed E-state index contributed by atoms with van der Waals surface area (Å²) < 4.78 is 0. The third kappa shape index (κ3) is 5.12. The van der Waals surface area contributed by atoms with Gasteiger partial charge in [0.15, 0.2) is 0 Å². The highest BCUT2D eigenvalue weighted by Gasteiger charge is 2.18. The second-order valence-corrected chi connectivity index (χ2v) is 7.50. The molecule has 0 saturated heterocycles. The molecule has 0 fully saturated rings. The van der Waals surface area contributed by atoms with Gasteiger partial charge in [-0.2, -0.15) is 0 Å². The van der Waals surface area contributed by atoms with Gasteiger partial charge in [-0.15, -0.1) is 6.42 Å². The van der Waals surface area contributed by atoms with Crippen molar-refractivity contribution in [3.63, 3.8) is 0 Å². The topological polar surface area (TPSA) is 0 Å². The molecule has 0 N–H and O–H groups in total. The quantitative estimate of drug-likeness (QED) is 0.380. The molecule has 0 amide bonds. The lowest BCUT2D eigenvalue weighted by Crippen LogP contribution is -2.09. The maximum Gasteiger partial charge on any atom is 0.0385 e. The van der Waals surface area contributed by atoms with Crippen molar-refractivity contribution < 1.29 is 0 Å². The molecule has 2 unspecified atom stereocenters. The minimum Gasteiger partial charge on any atom is -0.119 e. The highest BCUT2D eigenvalue weighted by atomic mass is 14.2. The Morgan fingerprint density at radius 2 is 1.69 bits per heavy atom. The number of aryl methyl sites for hydroxylation is 4. The van der Waals surface area contributed by atoms with Crippen LogP contribution in [0.2, 0.25) is 0 Å². The second kappa shape index (κ2) is 9.44. The fourth-order valence-electron chi connectivity index (χ4n) is 3.99. The van der Waals surface area contributed by atoms with Gasteiger partial charge >= 0.3 is 0 Å². The van der Waals surface area contributed by atoms with Gasteiger partial charge in [0.1, 0.15) is 0 Å². The van der Waals surface area contributed by atoms with Gasteiger partial charge in [-0.1, -0.05) is 60.0 Å². The van der Waals surface area contributed by atoms with Gasteiger partial charge in [0.05, 0.1) is 0 Å². The average molecular weight is 345 g/mol. The fraction of sp³-hybridized carbons (Fsp3) is 0.385. The molecular weight excluding hydrogens is 312 g/mol. The van der Waals surface area contributed by atoms with Crippen LogP contribution in [0.3, 0.4) is 0 Å². The first-order valence-corrected chi connectivity index (χ1v) is 9.67. The molecule has 2 aromatic carbocycles. The molecule has 0 aliphatic carbocycles. The van der Waals surface area contributed by atoms with Crippen LogP contribution < -0.4 is 0 Å². The van der Waals surface area contributed by atoms with E-state index < -0.39 is 0 Å². The maximum atomic E-state index is 5.80. The van der Waals surface area contributed by atoms with Crippen LogP contribution in [0.1, 0.15) is 59.1 Å². The maximum absolute atomic E-state index is 5.80. The molecule has 2 atom stereocenters. The van der Waals surface area contributed by atoms with E-state index in [0.29, 0.717) is 5.92 Å². The van der Waals surface area contributed by atoms with E-state index in [1.54, 1.807) is 0 Å². The molecule has 2 rings (SSSR count). The highest BCUT2D eigenvalue weighted by Crippen LogP contribution is 2.32. The van der Waals surface area contributed by atoms with Crippen molar-refractivity contribution in [3.05, 3.63) is 81.9 Å². The number of terminal acetylenes is 1. The third-order valence-electron chi connectivity index (χ3n) is 5.43. The van der Waals surface area contributed by atoms with Crippen molar-refractivity contribution in [2.45, 2.75) is 59.8 Å². The van der Waals surface area contributed by atoms with Gasteiger partial charge in [-0.3, -0.25) is 0 Å². The van der Waals surface area contributed by atoms with E-state index in [-0.39, 0.29) is 5.92 Å². The van der Waals surface area contributed by atoms with Gasteiger partial charge in [0, 0.05) is 5.92 Å². The van der Waals surface area contributed by atoms with Crippen molar-refractivity contribution in [1.82, 2.24) is 0 Å². The molecule has 0 aromatic heterocycles. The summed E-state index contributed by atoms with van der Waals surface area (Å²) in [6.07, 6.45) is 13.3. The number of allylic oxidation sites excluding steroid dienone is 2. The molecule has 0 radical (unpaired) electrons. The van der Waals surface area contributed by atoms with Crippen LogP contribution in [-0.4, -0.2) is 0 Å². The standard InChI is InChI=1S/C26H32/c1-7-10-23(8-2)18-24(26-15-13-19(3)17-22(26)6)14-16-25-20(4)11-9-12-21(25)5/h2,7,9-13,15,17,23-24H,14,16,18H2,1,3-6H3/b10-7-. The molecule has 0 aliphatic heterocycles. The minimum atomic E-state index is 0.198. The zero-order valence-electron chi connectivity index (χ0n) is 17.0. The minimum absolute atomic E-state index is 0.198. The molecule has 0 spiro atoms. The Hall–Kier alpha value is -2.26. The fourth-order valence-corrected chi connectivity index (χ4v) is 3.99. The SMILES string of the molecule is C#CC(/C=C\C)CC(CCc1c(C)cccc1C)c1ccc(C)cc1C. The number of hydrogen-bond donors (Lipinski definition) is 0. The highest BCUT2D eigenvalue weighted by molar-refractivity contribution is 5.36. The molecule has 0 saturated carbocycles. The van der Waals surface area contributed by atoms with Crippen molar-refractivity contribution in [2.75, 3.05) is 0 Å². The van der Waals surface area contributed by atoms with E-state index in [0.717, 1.165) is 19.3 Å². The largest absolute Gasteiger partial charge is 0.119 e. The number of rotatable bonds is 7. The summed E-state index contributed by atoms with van der Waals surface area (Å²) in [7, 11) is 0. The lowest BCUT2D eigenvalue weighted by atomic mass is 9.82. The summed E-state index contributed by atoms with van der Waals surface area (Å²) in [6.45, 7) is 10.9. The monoisotopic (exact) mass is 344 g/mol. The smallest absolute Gasteiger partial charge is 0.0385 e. The summed E-state index contributed by atoms with van der Waals surface area (Å²) in [4.78, 5) is 0. The number of benzene rings is 2. The predicted molar refractivity (Wildman–Crippen MR) is 115 cm³/mol. The van der Waals surface area contributed by atoms with Gasteiger partial charge in [0.2, 0.25) is 0 Å². The molecule has 26 heavy (non-hydrogen) atoms. The Morgan fingerprint density at radius 1 is 1.00 bits per heavy atom. The van der Waals surface area contributed by atoms with Gasteiger partial charge in [-0.05, 0) is 87.6 Å². The Labute approximate surface area is 160 Å². The van der Waals surface area contributed by atoms with Crippen LogP contribution in [0, 0.1) is 46.0 Å². The Morgan fingerprint density at radius 3 is 2.27 bits per heavy atom. The van der Waals surface area contributed by atoms with Gasteiger partial charge in [-0.25, -0.2) is 0 Å². The van der Waals surface area contributed by atoms with Crippen molar-refractivity contribution in [3.8, 4) is 12.3 Å². The van der Waals surface area contributed by atoms with Crippen molar-refractivity contribution in [2.24, 2.45) is 5.92 Å². The first-order chi connectivity index (χ1) is 12.5.